The molecule has 9 heteroatoms. The zero-order chi connectivity index (χ0) is 19.4. The van der Waals surface area contributed by atoms with E-state index in [0.29, 0.717) is 18.2 Å². The van der Waals surface area contributed by atoms with Gasteiger partial charge in [-0.25, -0.2) is 0 Å². The number of nitrogens with one attached hydrogen (secondary N) is 1. The van der Waals surface area contributed by atoms with Gasteiger partial charge in [-0.15, -0.1) is 0 Å². The summed E-state index contributed by atoms with van der Waals surface area (Å²) in [7, 11) is 1.95. The van der Waals surface area contributed by atoms with E-state index < -0.39 is 0 Å². The van der Waals surface area contributed by atoms with Crippen LogP contribution in [0.25, 0.3) is 0 Å². The Morgan fingerprint density at radius 3 is 2.67 bits per heavy atom. The van der Waals surface area contributed by atoms with Crippen LogP contribution >= 0.6 is 12.2 Å². The maximum atomic E-state index is 5.50. The standard InChI is InChI=1S/C18H26N8S/c1-5-24-8-7-16(22-24)12-23(4)18(27)21-17-10-19-25(13-17)11-15-9-20-26(6-2)14(15)3/h7-10,13H,5-6,11-12H2,1-4H3,(H,21,27). The zero-order valence-corrected chi connectivity index (χ0v) is 17.1. The van der Waals surface area contributed by atoms with E-state index in [2.05, 4.69) is 41.4 Å². The van der Waals surface area contributed by atoms with Gasteiger partial charge in [0.15, 0.2) is 5.11 Å². The summed E-state index contributed by atoms with van der Waals surface area (Å²) in [5.41, 5.74) is 4.19. The smallest absolute Gasteiger partial charge is 0.173 e. The Morgan fingerprint density at radius 1 is 1.19 bits per heavy atom. The van der Waals surface area contributed by atoms with E-state index in [1.807, 2.05) is 50.6 Å². The predicted octanol–water partition coefficient (Wildman–Crippen LogP) is 2.50. The van der Waals surface area contributed by atoms with E-state index in [-0.39, 0.29) is 0 Å². The highest BCUT2D eigenvalue weighted by molar-refractivity contribution is 7.80. The first-order valence-electron chi connectivity index (χ1n) is 9.08. The number of nitrogens with zero attached hydrogens (tertiary/aromatic N) is 7. The lowest BCUT2D eigenvalue weighted by atomic mass is 10.2. The van der Waals surface area contributed by atoms with Gasteiger partial charge in [-0.3, -0.25) is 14.0 Å². The molecular weight excluding hydrogens is 360 g/mol. The van der Waals surface area contributed by atoms with Crippen molar-refractivity contribution in [2.24, 2.45) is 0 Å². The molecule has 8 nitrogen and oxygen atoms in total. The molecule has 0 fully saturated rings. The van der Waals surface area contributed by atoms with Crippen LogP contribution in [0.2, 0.25) is 0 Å². The molecule has 0 bridgehead atoms. The fourth-order valence-electron chi connectivity index (χ4n) is 2.85. The first-order valence-corrected chi connectivity index (χ1v) is 9.49. The van der Waals surface area contributed by atoms with Crippen LogP contribution in [0.4, 0.5) is 5.69 Å². The molecule has 3 rings (SSSR count). The minimum Gasteiger partial charge on any atom is -0.346 e. The van der Waals surface area contributed by atoms with E-state index in [1.165, 1.54) is 5.69 Å². The van der Waals surface area contributed by atoms with Gasteiger partial charge >= 0.3 is 0 Å². The third kappa shape index (κ3) is 4.54. The SMILES string of the molecule is CCn1ccc(CN(C)C(=S)Nc2cnn(Cc3cnn(CC)c3C)c2)n1. The summed E-state index contributed by atoms with van der Waals surface area (Å²) in [6.45, 7) is 9.31. The lowest BCUT2D eigenvalue weighted by Gasteiger charge is -2.19. The van der Waals surface area contributed by atoms with Crippen molar-refractivity contribution in [1.29, 1.82) is 0 Å². The molecule has 0 amide bonds. The summed E-state index contributed by atoms with van der Waals surface area (Å²) in [5, 5.41) is 17.2. The zero-order valence-electron chi connectivity index (χ0n) is 16.3. The van der Waals surface area contributed by atoms with Crippen molar-refractivity contribution in [3.05, 3.63) is 47.8 Å². The van der Waals surface area contributed by atoms with Crippen molar-refractivity contribution in [2.45, 2.75) is 47.0 Å². The molecule has 3 heterocycles. The van der Waals surface area contributed by atoms with Crippen LogP contribution in [0.5, 0.6) is 0 Å². The average molecular weight is 387 g/mol. The summed E-state index contributed by atoms with van der Waals surface area (Å²) in [6, 6.07) is 2.01. The summed E-state index contributed by atoms with van der Waals surface area (Å²) in [6.07, 6.45) is 7.62. The number of hydrogen-bond donors (Lipinski definition) is 1. The quantitative estimate of drug-likeness (QED) is 0.629. The van der Waals surface area contributed by atoms with Gasteiger partial charge in [0.2, 0.25) is 0 Å². The molecule has 3 aromatic heterocycles. The Balaban J connectivity index is 1.57. The molecule has 0 aromatic carbocycles. The highest BCUT2D eigenvalue weighted by Crippen LogP contribution is 2.12. The summed E-state index contributed by atoms with van der Waals surface area (Å²) >= 11 is 5.50. The largest absolute Gasteiger partial charge is 0.346 e. The summed E-state index contributed by atoms with van der Waals surface area (Å²) in [5.74, 6) is 0. The molecule has 0 saturated heterocycles. The van der Waals surface area contributed by atoms with Crippen LogP contribution in [0.1, 0.15) is 30.8 Å². The Kier molecular flexibility index (Phi) is 5.90. The highest BCUT2D eigenvalue weighted by atomic mass is 32.1. The first kappa shape index (κ1) is 19.1. The minimum absolute atomic E-state index is 0.635. The Labute approximate surface area is 164 Å². The van der Waals surface area contributed by atoms with Crippen LogP contribution in [-0.4, -0.2) is 46.4 Å². The number of hydrogen-bond acceptors (Lipinski definition) is 4. The van der Waals surface area contributed by atoms with E-state index in [9.17, 15) is 0 Å². The Hall–Kier alpha value is -2.68. The second-order valence-electron chi connectivity index (χ2n) is 6.45. The van der Waals surface area contributed by atoms with Gasteiger partial charge in [0.25, 0.3) is 0 Å². The maximum absolute atomic E-state index is 5.50. The van der Waals surface area contributed by atoms with Crippen molar-refractivity contribution in [2.75, 3.05) is 12.4 Å². The van der Waals surface area contributed by atoms with Gasteiger partial charge in [0.1, 0.15) is 0 Å². The number of thiocarbonyl (C=S) groups is 1. The molecular formula is C18H26N8S. The predicted molar refractivity (Wildman–Crippen MR) is 110 cm³/mol. The van der Waals surface area contributed by atoms with Gasteiger partial charge in [0.05, 0.1) is 36.9 Å². The fraction of sp³-hybridized carbons (Fsp3) is 0.444. The topological polar surface area (TPSA) is 68.7 Å². The Morgan fingerprint density at radius 2 is 2.00 bits per heavy atom. The van der Waals surface area contributed by atoms with Crippen LogP contribution in [-0.2, 0) is 26.2 Å². The highest BCUT2D eigenvalue weighted by Gasteiger charge is 2.10. The molecule has 0 radical (unpaired) electrons. The summed E-state index contributed by atoms with van der Waals surface area (Å²) < 4.78 is 5.78. The van der Waals surface area contributed by atoms with Crippen LogP contribution in [0, 0.1) is 6.92 Å². The van der Waals surface area contributed by atoms with E-state index in [4.69, 9.17) is 12.2 Å². The van der Waals surface area contributed by atoms with Gasteiger partial charge in [-0.1, -0.05) is 0 Å². The van der Waals surface area contributed by atoms with Crippen LogP contribution in [0.15, 0.2) is 30.9 Å². The third-order valence-corrected chi connectivity index (χ3v) is 4.90. The van der Waals surface area contributed by atoms with Gasteiger partial charge < -0.3 is 10.2 Å². The molecule has 1 N–H and O–H groups in total. The molecule has 0 aliphatic carbocycles. The second kappa shape index (κ2) is 8.34. The monoisotopic (exact) mass is 386 g/mol. The minimum atomic E-state index is 0.635. The lowest BCUT2D eigenvalue weighted by Crippen LogP contribution is -2.30. The average Bonchev–Trinajstić information content (AvgIpc) is 3.37. The fourth-order valence-corrected chi connectivity index (χ4v) is 3.03. The number of anilines is 1. The van der Waals surface area contributed by atoms with E-state index >= 15 is 0 Å². The van der Waals surface area contributed by atoms with Gasteiger partial charge in [-0.2, -0.15) is 15.3 Å². The molecule has 0 aliphatic heterocycles. The number of aryl methyl sites for hydroxylation is 2. The van der Waals surface area contributed by atoms with Crippen molar-refractivity contribution >= 4 is 23.0 Å². The molecule has 0 aliphatic rings. The van der Waals surface area contributed by atoms with Gasteiger partial charge in [0, 0.05) is 43.8 Å². The van der Waals surface area contributed by atoms with Crippen LogP contribution in [0.3, 0.4) is 0 Å². The van der Waals surface area contributed by atoms with Crippen molar-refractivity contribution in [3.63, 3.8) is 0 Å². The van der Waals surface area contributed by atoms with E-state index in [0.717, 1.165) is 30.0 Å². The molecule has 0 saturated carbocycles. The molecule has 0 unspecified atom stereocenters. The van der Waals surface area contributed by atoms with E-state index in [1.54, 1.807) is 6.20 Å². The number of rotatable bonds is 7. The second-order valence-corrected chi connectivity index (χ2v) is 6.83. The van der Waals surface area contributed by atoms with Crippen molar-refractivity contribution < 1.29 is 0 Å². The van der Waals surface area contributed by atoms with Crippen molar-refractivity contribution in [1.82, 2.24) is 34.2 Å². The lowest BCUT2D eigenvalue weighted by molar-refractivity contribution is 0.492. The normalized spacial score (nSPS) is 11.0. The van der Waals surface area contributed by atoms with Gasteiger partial charge in [-0.05, 0) is 39.1 Å². The summed E-state index contributed by atoms with van der Waals surface area (Å²) in [4.78, 5) is 1.96. The number of aromatic nitrogens is 6. The molecule has 0 atom stereocenters. The van der Waals surface area contributed by atoms with Crippen molar-refractivity contribution in [3.8, 4) is 0 Å². The molecule has 0 spiro atoms. The molecule has 3 aromatic rings. The first-order chi connectivity index (χ1) is 13.0. The molecule has 27 heavy (non-hydrogen) atoms. The Bertz CT molecular complexity index is 906. The maximum Gasteiger partial charge on any atom is 0.173 e. The van der Waals surface area contributed by atoms with Crippen LogP contribution < -0.4 is 5.32 Å². The third-order valence-electron chi connectivity index (χ3n) is 4.49. The molecule has 144 valence electrons.